The summed E-state index contributed by atoms with van der Waals surface area (Å²) in [6.07, 6.45) is 4.01. The number of hydrogen-bond donors (Lipinski definition) is 2. The first-order valence-electron chi connectivity index (χ1n) is 9.71. The third kappa shape index (κ3) is 4.52. The van der Waals surface area contributed by atoms with E-state index in [1.807, 2.05) is 50.5 Å². The zero-order valence-electron chi connectivity index (χ0n) is 16.9. The van der Waals surface area contributed by atoms with Crippen LogP contribution in [0.1, 0.15) is 31.4 Å². The Morgan fingerprint density at radius 1 is 1.21 bits per heavy atom. The minimum absolute atomic E-state index is 0.192. The smallest absolute Gasteiger partial charge is 0.230 e. The van der Waals surface area contributed by atoms with Gasteiger partial charge in [-0.05, 0) is 12.8 Å². The molecule has 1 saturated carbocycles. The van der Waals surface area contributed by atoms with Crippen LogP contribution in [-0.4, -0.2) is 49.6 Å². The van der Waals surface area contributed by atoms with Crippen molar-refractivity contribution >= 4 is 11.9 Å². The molecule has 7 heteroatoms. The van der Waals surface area contributed by atoms with Gasteiger partial charge in [-0.2, -0.15) is 0 Å². The Labute approximate surface area is 166 Å². The number of aliphatic imine (C=N–C) groups is 1. The predicted molar refractivity (Wildman–Crippen MR) is 110 cm³/mol. The van der Waals surface area contributed by atoms with E-state index in [1.54, 1.807) is 11.9 Å². The number of rotatable bonds is 6. The van der Waals surface area contributed by atoms with E-state index in [9.17, 15) is 4.79 Å². The number of carbonyl (C=O) groups is 1. The van der Waals surface area contributed by atoms with Gasteiger partial charge in [0.15, 0.2) is 11.7 Å². The van der Waals surface area contributed by atoms with Crippen LogP contribution in [0, 0.1) is 5.41 Å². The lowest BCUT2D eigenvalue weighted by Crippen LogP contribution is -2.49. The van der Waals surface area contributed by atoms with Crippen LogP contribution in [-0.2, 0) is 11.3 Å². The fourth-order valence-corrected chi connectivity index (χ4v) is 3.77. The highest BCUT2D eigenvalue weighted by molar-refractivity contribution is 5.85. The molecule has 0 saturated heterocycles. The maximum Gasteiger partial charge on any atom is 0.230 e. The van der Waals surface area contributed by atoms with Gasteiger partial charge in [0.2, 0.25) is 5.91 Å². The number of guanidine groups is 1. The first kappa shape index (κ1) is 19.9. The van der Waals surface area contributed by atoms with Crippen LogP contribution < -0.4 is 10.6 Å². The van der Waals surface area contributed by atoms with Gasteiger partial charge < -0.3 is 20.1 Å². The minimum atomic E-state index is -0.338. The summed E-state index contributed by atoms with van der Waals surface area (Å²) in [5, 5.41) is 10.7. The largest absolute Gasteiger partial charge is 0.356 e. The molecule has 1 amide bonds. The van der Waals surface area contributed by atoms with Crippen LogP contribution in [0.25, 0.3) is 11.3 Å². The summed E-state index contributed by atoms with van der Waals surface area (Å²) >= 11 is 0. The number of carbonyl (C=O) groups excluding carboxylic acids is 1. The second-order valence-corrected chi connectivity index (χ2v) is 7.51. The summed E-state index contributed by atoms with van der Waals surface area (Å²) in [6, 6.07) is 11.8. The molecule has 1 aliphatic rings. The lowest BCUT2D eigenvalue weighted by Gasteiger charge is -2.31. The Morgan fingerprint density at radius 3 is 2.57 bits per heavy atom. The fraction of sp³-hybridized carbons (Fsp3) is 0.476. The average molecular weight is 383 g/mol. The molecule has 0 radical (unpaired) electrons. The molecule has 1 aromatic heterocycles. The molecule has 2 aromatic rings. The van der Waals surface area contributed by atoms with E-state index in [-0.39, 0.29) is 11.3 Å². The summed E-state index contributed by atoms with van der Waals surface area (Å²) < 4.78 is 5.43. The zero-order chi connectivity index (χ0) is 20.0. The second-order valence-electron chi connectivity index (χ2n) is 7.51. The van der Waals surface area contributed by atoms with Crippen LogP contribution in [0.4, 0.5) is 0 Å². The Kier molecular flexibility index (Phi) is 6.34. The van der Waals surface area contributed by atoms with Crippen molar-refractivity contribution in [3.05, 3.63) is 42.1 Å². The summed E-state index contributed by atoms with van der Waals surface area (Å²) in [6.45, 7) is 1.07. The van der Waals surface area contributed by atoms with Crippen molar-refractivity contribution in [2.24, 2.45) is 10.4 Å². The van der Waals surface area contributed by atoms with E-state index in [2.05, 4.69) is 20.8 Å². The number of amides is 1. The first-order chi connectivity index (χ1) is 13.5. The molecule has 7 nitrogen and oxygen atoms in total. The molecular weight excluding hydrogens is 354 g/mol. The molecule has 0 spiro atoms. The van der Waals surface area contributed by atoms with E-state index in [0.29, 0.717) is 19.0 Å². The molecule has 0 atom stereocenters. The minimum Gasteiger partial charge on any atom is -0.356 e. The van der Waals surface area contributed by atoms with Crippen molar-refractivity contribution in [3.63, 3.8) is 0 Å². The van der Waals surface area contributed by atoms with E-state index in [4.69, 9.17) is 4.52 Å². The van der Waals surface area contributed by atoms with Gasteiger partial charge in [0.25, 0.3) is 0 Å². The molecule has 28 heavy (non-hydrogen) atoms. The molecule has 150 valence electrons. The van der Waals surface area contributed by atoms with Crippen molar-refractivity contribution < 1.29 is 9.32 Å². The summed E-state index contributed by atoms with van der Waals surface area (Å²) in [7, 11) is 5.37. The van der Waals surface area contributed by atoms with E-state index < -0.39 is 0 Å². The highest BCUT2D eigenvalue weighted by Crippen LogP contribution is 2.38. The van der Waals surface area contributed by atoms with E-state index >= 15 is 0 Å². The Hall–Kier alpha value is -2.83. The number of aromatic nitrogens is 1. The van der Waals surface area contributed by atoms with Crippen LogP contribution in [0.2, 0.25) is 0 Å². The normalized spacial score (nSPS) is 16.0. The molecular formula is C21H29N5O2. The number of nitrogens with one attached hydrogen (secondary N) is 2. The van der Waals surface area contributed by atoms with Crippen LogP contribution >= 0.6 is 0 Å². The monoisotopic (exact) mass is 383 g/mol. The van der Waals surface area contributed by atoms with Gasteiger partial charge in [0.05, 0.1) is 12.0 Å². The molecule has 0 aliphatic heterocycles. The van der Waals surface area contributed by atoms with Crippen molar-refractivity contribution in [2.75, 3.05) is 27.7 Å². The maximum absolute atomic E-state index is 12.7. The van der Waals surface area contributed by atoms with Crippen LogP contribution in [0.5, 0.6) is 0 Å². The van der Waals surface area contributed by atoms with Crippen molar-refractivity contribution in [3.8, 4) is 11.3 Å². The topological polar surface area (TPSA) is 82.8 Å². The third-order valence-electron chi connectivity index (χ3n) is 5.29. The van der Waals surface area contributed by atoms with E-state index in [0.717, 1.165) is 42.7 Å². The van der Waals surface area contributed by atoms with Crippen molar-refractivity contribution in [2.45, 2.75) is 32.2 Å². The molecule has 0 bridgehead atoms. The molecule has 1 aliphatic carbocycles. The van der Waals surface area contributed by atoms with Gasteiger partial charge in [0, 0.05) is 39.3 Å². The van der Waals surface area contributed by atoms with E-state index in [1.165, 1.54) is 0 Å². The molecule has 1 fully saturated rings. The summed E-state index contributed by atoms with van der Waals surface area (Å²) in [5.41, 5.74) is 1.45. The molecule has 2 N–H and O–H groups in total. The van der Waals surface area contributed by atoms with Gasteiger partial charge in [-0.15, -0.1) is 0 Å². The molecule has 3 rings (SSSR count). The summed E-state index contributed by atoms with van der Waals surface area (Å²) in [5.74, 6) is 1.58. The quantitative estimate of drug-likeness (QED) is 0.592. The Balaban J connectivity index is 1.57. The lowest BCUT2D eigenvalue weighted by molar-refractivity contribution is -0.138. The van der Waals surface area contributed by atoms with Gasteiger partial charge in [0.1, 0.15) is 5.69 Å². The third-order valence-corrected chi connectivity index (χ3v) is 5.29. The highest BCUT2D eigenvalue weighted by atomic mass is 16.5. The average Bonchev–Trinajstić information content (AvgIpc) is 3.38. The standard InChI is InChI=1S/C21H29N5O2/c1-22-20(24-15-21(11-7-8-12-21)19(27)26(2)3)23-14-17-13-18(28-25-17)16-9-5-4-6-10-16/h4-6,9-10,13H,7-8,11-12,14-15H2,1-3H3,(H2,22,23,24). The van der Waals surface area contributed by atoms with Gasteiger partial charge in [-0.3, -0.25) is 9.79 Å². The summed E-state index contributed by atoms with van der Waals surface area (Å²) in [4.78, 5) is 18.7. The number of benzene rings is 1. The Bertz CT molecular complexity index is 807. The molecule has 1 aromatic carbocycles. The van der Waals surface area contributed by atoms with Gasteiger partial charge in [-0.1, -0.05) is 48.3 Å². The van der Waals surface area contributed by atoms with Crippen molar-refractivity contribution in [1.29, 1.82) is 0 Å². The fourth-order valence-electron chi connectivity index (χ4n) is 3.77. The SMILES string of the molecule is CN=C(NCc1cc(-c2ccccc2)on1)NCC1(C(=O)N(C)C)CCCC1. The van der Waals surface area contributed by atoms with Crippen LogP contribution in [0.3, 0.4) is 0 Å². The number of nitrogens with zero attached hydrogens (tertiary/aromatic N) is 3. The van der Waals surface area contributed by atoms with Crippen LogP contribution in [0.15, 0.2) is 45.9 Å². The van der Waals surface area contributed by atoms with Gasteiger partial charge >= 0.3 is 0 Å². The molecule has 1 heterocycles. The molecule has 0 unspecified atom stereocenters. The predicted octanol–water partition coefficient (Wildman–Crippen LogP) is 2.66. The number of hydrogen-bond acceptors (Lipinski definition) is 4. The van der Waals surface area contributed by atoms with Gasteiger partial charge in [-0.25, -0.2) is 0 Å². The van der Waals surface area contributed by atoms with Crippen molar-refractivity contribution in [1.82, 2.24) is 20.7 Å². The maximum atomic E-state index is 12.7. The highest BCUT2D eigenvalue weighted by Gasteiger charge is 2.42. The second kappa shape index (κ2) is 8.91. The zero-order valence-corrected chi connectivity index (χ0v) is 16.9. The first-order valence-corrected chi connectivity index (χ1v) is 9.71. The Morgan fingerprint density at radius 2 is 1.93 bits per heavy atom. The lowest BCUT2D eigenvalue weighted by atomic mass is 9.84.